The number of halogens is 1. The fourth-order valence-corrected chi connectivity index (χ4v) is 4.24. The number of methoxy groups -OCH3 is 2. The summed E-state index contributed by atoms with van der Waals surface area (Å²) in [6.07, 6.45) is 0. The van der Waals surface area contributed by atoms with Gasteiger partial charge in [0.25, 0.3) is 0 Å². The van der Waals surface area contributed by atoms with E-state index >= 15 is 0 Å². The predicted molar refractivity (Wildman–Crippen MR) is 120 cm³/mol. The van der Waals surface area contributed by atoms with Gasteiger partial charge < -0.3 is 19.5 Å². The summed E-state index contributed by atoms with van der Waals surface area (Å²) >= 11 is 7.59. The summed E-state index contributed by atoms with van der Waals surface area (Å²) in [5, 5.41) is 7.73. The number of hydrogen-bond acceptors (Lipinski definition) is 8. The van der Waals surface area contributed by atoms with E-state index in [0.717, 1.165) is 11.8 Å². The van der Waals surface area contributed by atoms with Crippen molar-refractivity contribution >= 4 is 46.3 Å². The molecule has 2 amide bonds. The lowest BCUT2D eigenvalue weighted by atomic mass is 10.1. The molecule has 0 aromatic heterocycles. The lowest BCUT2D eigenvalue weighted by Gasteiger charge is -2.21. The first-order chi connectivity index (χ1) is 15.2. The first-order valence-corrected chi connectivity index (χ1v) is 10.6. The van der Waals surface area contributed by atoms with Crippen molar-refractivity contribution in [3.8, 4) is 17.2 Å². The van der Waals surface area contributed by atoms with Crippen LogP contribution in [0.15, 0.2) is 41.5 Å². The van der Waals surface area contributed by atoms with Crippen molar-refractivity contribution in [2.75, 3.05) is 14.2 Å². The van der Waals surface area contributed by atoms with Crippen molar-refractivity contribution in [1.82, 2.24) is 10.3 Å². The van der Waals surface area contributed by atoms with Gasteiger partial charge in [0.2, 0.25) is 11.8 Å². The molecule has 2 aromatic rings. The van der Waals surface area contributed by atoms with E-state index in [4.69, 9.17) is 25.8 Å². The average Bonchev–Trinajstić information content (AvgIpc) is 3.18. The Kier molecular flexibility index (Phi) is 7.26. The molecule has 0 unspecified atom stereocenters. The van der Waals surface area contributed by atoms with Crippen LogP contribution >= 0.6 is 23.4 Å². The summed E-state index contributed by atoms with van der Waals surface area (Å²) in [5.74, 6) is -0.548. The maximum Gasteiger partial charge on any atom is 0.343 e. The topological polar surface area (TPSA) is 107 Å². The number of thioether (sulfide) groups is 1. The summed E-state index contributed by atoms with van der Waals surface area (Å²) < 4.78 is 16.0. The number of hydrogen-bond donors (Lipinski definition) is 1. The third-order valence-electron chi connectivity index (χ3n) is 4.29. The van der Waals surface area contributed by atoms with Crippen LogP contribution in [0.2, 0.25) is 5.02 Å². The van der Waals surface area contributed by atoms with E-state index in [9.17, 15) is 14.4 Å². The monoisotopic (exact) mass is 477 g/mol. The fraction of sp³-hybridized carbons (Fsp3) is 0.238. The third-order valence-corrected chi connectivity index (χ3v) is 5.67. The van der Waals surface area contributed by atoms with Gasteiger partial charge >= 0.3 is 5.97 Å². The Bertz CT molecular complexity index is 1110. The fourth-order valence-electron chi connectivity index (χ4n) is 2.86. The molecule has 0 bridgehead atoms. The van der Waals surface area contributed by atoms with Crippen molar-refractivity contribution in [2.45, 2.75) is 19.2 Å². The van der Waals surface area contributed by atoms with E-state index in [0.29, 0.717) is 11.3 Å². The van der Waals surface area contributed by atoms with Gasteiger partial charge in [-0.25, -0.2) is 9.80 Å². The van der Waals surface area contributed by atoms with Gasteiger partial charge in [0.05, 0.1) is 24.8 Å². The minimum absolute atomic E-state index is 0.0334. The van der Waals surface area contributed by atoms with Crippen LogP contribution in [0.25, 0.3) is 0 Å². The smallest absolute Gasteiger partial charge is 0.343 e. The Hall–Kier alpha value is -3.24. The Morgan fingerprint density at radius 2 is 1.88 bits per heavy atom. The van der Waals surface area contributed by atoms with Gasteiger partial charge in [-0.1, -0.05) is 29.4 Å². The molecule has 1 N–H and O–H groups in total. The highest BCUT2D eigenvalue weighted by atomic mass is 35.5. The second-order valence-corrected chi connectivity index (χ2v) is 8.05. The number of hydrazone groups is 1. The normalized spacial score (nSPS) is 15.1. The molecule has 1 aliphatic rings. The number of benzene rings is 2. The van der Waals surface area contributed by atoms with E-state index in [1.165, 1.54) is 39.1 Å². The molecular formula is C21H20ClN3O6S. The SMILES string of the molecule is COc1cccc(C(=O)Oc2c(Cl)cc([C@@H]3SC(NC(C)=O)=NN3C(C)=O)cc2OC)c1. The number of nitrogens with one attached hydrogen (secondary N) is 1. The highest BCUT2D eigenvalue weighted by Gasteiger charge is 2.33. The van der Waals surface area contributed by atoms with Gasteiger partial charge in [0.15, 0.2) is 16.7 Å². The average molecular weight is 478 g/mol. The van der Waals surface area contributed by atoms with Crippen LogP contribution < -0.4 is 19.5 Å². The molecule has 2 aromatic carbocycles. The molecule has 0 saturated carbocycles. The minimum Gasteiger partial charge on any atom is -0.497 e. The quantitative estimate of drug-likeness (QED) is 0.518. The first kappa shape index (κ1) is 23.4. The van der Waals surface area contributed by atoms with Gasteiger partial charge in [-0.05, 0) is 35.9 Å². The maximum absolute atomic E-state index is 12.6. The Morgan fingerprint density at radius 3 is 2.50 bits per heavy atom. The molecule has 11 heteroatoms. The van der Waals surface area contributed by atoms with E-state index in [1.54, 1.807) is 30.3 Å². The Balaban J connectivity index is 1.90. The van der Waals surface area contributed by atoms with Crippen LogP contribution in [0.5, 0.6) is 17.2 Å². The van der Waals surface area contributed by atoms with E-state index < -0.39 is 11.3 Å². The number of rotatable bonds is 5. The Labute approximate surface area is 193 Å². The van der Waals surface area contributed by atoms with Crippen LogP contribution in [0, 0.1) is 0 Å². The predicted octanol–water partition coefficient (Wildman–Crippen LogP) is 3.58. The molecule has 32 heavy (non-hydrogen) atoms. The molecule has 0 fully saturated rings. The number of carbonyl (C=O) groups excluding carboxylic acids is 3. The highest BCUT2D eigenvalue weighted by molar-refractivity contribution is 8.14. The molecule has 1 atom stereocenters. The molecule has 0 spiro atoms. The van der Waals surface area contributed by atoms with Crippen LogP contribution in [0.3, 0.4) is 0 Å². The van der Waals surface area contributed by atoms with E-state index in [-0.39, 0.29) is 39.1 Å². The number of nitrogens with zero attached hydrogens (tertiary/aromatic N) is 2. The molecule has 0 aliphatic carbocycles. The molecule has 0 radical (unpaired) electrons. The summed E-state index contributed by atoms with van der Waals surface area (Å²) in [4.78, 5) is 36.1. The number of esters is 1. The zero-order valence-electron chi connectivity index (χ0n) is 17.7. The van der Waals surface area contributed by atoms with Crippen LogP contribution in [0.1, 0.15) is 35.1 Å². The first-order valence-electron chi connectivity index (χ1n) is 9.29. The summed E-state index contributed by atoms with van der Waals surface area (Å²) in [6, 6.07) is 9.64. The van der Waals surface area contributed by atoms with E-state index in [1.807, 2.05) is 0 Å². The number of amidine groups is 1. The lowest BCUT2D eigenvalue weighted by Crippen LogP contribution is -2.25. The lowest BCUT2D eigenvalue weighted by molar-refractivity contribution is -0.129. The van der Waals surface area contributed by atoms with Gasteiger partial charge in [-0.15, -0.1) is 5.10 Å². The molecule has 9 nitrogen and oxygen atoms in total. The second-order valence-electron chi connectivity index (χ2n) is 6.58. The molecule has 1 aliphatic heterocycles. The second kappa shape index (κ2) is 9.92. The molecule has 168 valence electrons. The molecule has 1 heterocycles. The van der Waals surface area contributed by atoms with Crippen LogP contribution in [0.4, 0.5) is 0 Å². The number of ether oxygens (including phenoxy) is 3. The largest absolute Gasteiger partial charge is 0.497 e. The zero-order chi connectivity index (χ0) is 23.4. The third kappa shape index (κ3) is 5.14. The standard InChI is InChI=1S/C21H20ClN3O6S/c1-11(26)23-21-24-25(12(2)27)19(32-21)14-9-16(22)18(17(10-14)30-4)31-20(28)13-6-5-7-15(8-13)29-3/h5-10,19H,1-4H3,(H,23,24,26)/t19-/m0/s1. The van der Waals surface area contributed by atoms with Crippen molar-refractivity contribution < 1.29 is 28.6 Å². The van der Waals surface area contributed by atoms with Crippen LogP contribution in [-0.2, 0) is 9.59 Å². The molecular weight excluding hydrogens is 458 g/mol. The van der Waals surface area contributed by atoms with Crippen molar-refractivity contribution in [3.63, 3.8) is 0 Å². The summed E-state index contributed by atoms with van der Waals surface area (Å²) in [7, 11) is 2.90. The van der Waals surface area contributed by atoms with Gasteiger partial charge in [0, 0.05) is 13.8 Å². The van der Waals surface area contributed by atoms with Crippen LogP contribution in [-0.4, -0.2) is 42.2 Å². The van der Waals surface area contributed by atoms with Gasteiger partial charge in [-0.3, -0.25) is 9.59 Å². The van der Waals surface area contributed by atoms with Gasteiger partial charge in [0.1, 0.15) is 11.1 Å². The summed E-state index contributed by atoms with van der Waals surface area (Å²) in [6.45, 7) is 2.71. The Morgan fingerprint density at radius 1 is 1.12 bits per heavy atom. The van der Waals surface area contributed by atoms with Crippen molar-refractivity contribution in [2.24, 2.45) is 5.10 Å². The number of amides is 2. The summed E-state index contributed by atoms with van der Waals surface area (Å²) in [5.41, 5.74) is 0.839. The highest BCUT2D eigenvalue weighted by Crippen LogP contribution is 2.44. The van der Waals surface area contributed by atoms with E-state index in [2.05, 4.69) is 10.4 Å². The molecule has 0 saturated heterocycles. The molecule has 3 rings (SSSR count). The van der Waals surface area contributed by atoms with Crippen molar-refractivity contribution in [3.05, 3.63) is 52.5 Å². The zero-order valence-corrected chi connectivity index (χ0v) is 19.2. The number of carbonyl (C=O) groups is 3. The van der Waals surface area contributed by atoms with Crippen molar-refractivity contribution in [1.29, 1.82) is 0 Å². The minimum atomic E-state index is -0.645. The van der Waals surface area contributed by atoms with Gasteiger partial charge in [-0.2, -0.15) is 0 Å². The maximum atomic E-state index is 12.6.